The van der Waals surface area contributed by atoms with Crippen LogP contribution in [0, 0.1) is 5.82 Å². The minimum atomic E-state index is -0.523. The average Bonchev–Trinajstić information content (AvgIpc) is 3.24. The van der Waals surface area contributed by atoms with E-state index in [0.29, 0.717) is 34.0 Å². The molecule has 0 bridgehead atoms. The van der Waals surface area contributed by atoms with Crippen molar-refractivity contribution in [3.63, 3.8) is 0 Å². The van der Waals surface area contributed by atoms with Crippen molar-refractivity contribution in [2.45, 2.75) is 37.8 Å². The SMILES string of the molecule is O=C(NC1CCCC(Nc2nc(-c3c[nH]c4ncc(Cl)cc34)ncc2F)C1)c1ccccc1. The quantitative estimate of drug-likeness (QED) is 0.387. The summed E-state index contributed by atoms with van der Waals surface area (Å²) < 4.78 is 14.6. The van der Waals surface area contributed by atoms with Crippen molar-refractivity contribution in [3.8, 4) is 11.4 Å². The minimum Gasteiger partial charge on any atom is -0.365 e. The number of halogens is 2. The molecule has 9 heteroatoms. The topological polar surface area (TPSA) is 95.6 Å². The van der Waals surface area contributed by atoms with Crippen LogP contribution in [0.2, 0.25) is 5.02 Å². The first kappa shape index (κ1) is 21.3. The van der Waals surface area contributed by atoms with Crippen LogP contribution >= 0.6 is 11.6 Å². The zero-order chi connectivity index (χ0) is 22.8. The number of hydrogen-bond donors (Lipinski definition) is 3. The van der Waals surface area contributed by atoms with Crippen LogP contribution in [0.5, 0.6) is 0 Å². The third-order valence-electron chi connectivity index (χ3n) is 5.87. The van der Waals surface area contributed by atoms with E-state index < -0.39 is 5.82 Å². The van der Waals surface area contributed by atoms with E-state index in [9.17, 15) is 9.18 Å². The number of anilines is 1. The number of aromatic nitrogens is 4. The van der Waals surface area contributed by atoms with Gasteiger partial charge in [0.15, 0.2) is 17.5 Å². The van der Waals surface area contributed by atoms with Crippen molar-refractivity contribution < 1.29 is 9.18 Å². The summed E-state index contributed by atoms with van der Waals surface area (Å²) in [5, 5.41) is 7.58. The number of amides is 1. The first-order chi connectivity index (χ1) is 16.1. The third-order valence-corrected chi connectivity index (χ3v) is 6.08. The Kier molecular flexibility index (Phi) is 5.92. The van der Waals surface area contributed by atoms with E-state index in [0.717, 1.165) is 24.6 Å². The molecule has 2 unspecified atom stereocenters. The number of hydrogen-bond acceptors (Lipinski definition) is 5. The molecule has 4 aromatic rings. The van der Waals surface area contributed by atoms with Gasteiger partial charge in [0.2, 0.25) is 0 Å². The molecule has 0 radical (unpaired) electrons. The molecule has 1 saturated carbocycles. The number of nitrogens with zero attached hydrogens (tertiary/aromatic N) is 3. The third kappa shape index (κ3) is 4.66. The number of nitrogens with one attached hydrogen (secondary N) is 3. The summed E-state index contributed by atoms with van der Waals surface area (Å²) in [6.07, 6.45) is 7.81. The van der Waals surface area contributed by atoms with E-state index >= 15 is 0 Å². The first-order valence-corrected chi connectivity index (χ1v) is 11.2. The van der Waals surface area contributed by atoms with Gasteiger partial charge in [-0.3, -0.25) is 4.79 Å². The largest absolute Gasteiger partial charge is 0.365 e. The Morgan fingerprint density at radius 1 is 1.12 bits per heavy atom. The summed E-state index contributed by atoms with van der Waals surface area (Å²) in [6, 6.07) is 10.9. The van der Waals surface area contributed by atoms with Gasteiger partial charge in [0, 0.05) is 41.0 Å². The van der Waals surface area contributed by atoms with Gasteiger partial charge in [0.1, 0.15) is 5.65 Å². The van der Waals surface area contributed by atoms with Crippen molar-refractivity contribution in [2.75, 3.05) is 5.32 Å². The predicted molar refractivity (Wildman–Crippen MR) is 126 cm³/mol. The second-order valence-corrected chi connectivity index (χ2v) is 8.62. The smallest absolute Gasteiger partial charge is 0.251 e. The number of rotatable bonds is 5. The highest BCUT2D eigenvalue weighted by Crippen LogP contribution is 2.29. The first-order valence-electron chi connectivity index (χ1n) is 10.8. The number of aromatic amines is 1. The number of carbonyl (C=O) groups excluding carboxylic acids is 1. The van der Waals surface area contributed by atoms with Gasteiger partial charge in [-0.1, -0.05) is 29.8 Å². The van der Waals surface area contributed by atoms with Crippen LogP contribution in [0.4, 0.5) is 10.2 Å². The van der Waals surface area contributed by atoms with E-state index in [1.54, 1.807) is 30.6 Å². The number of fused-ring (bicyclic) bond motifs is 1. The lowest BCUT2D eigenvalue weighted by Crippen LogP contribution is -2.42. The van der Waals surface area contributed by atoms with Crippen molar-refractivity contribution in [1.29, 1.82) is 0 Å². The summed E-state index contributed by atoms with van der Waals surface area (Å²) in [5.41, 5.74) is 1.98. The summed E-state index contributed by atoms with van der Waals surface area (Å²) in [6.45, 7) is 0. The maximum absolute atomic E-state index is 14.6. The Bertz CT molecular complexity index is 1290. The van der Waals surface area contributed by atoms with Gasteiger partial charge < -0.3 is 15.6 Å². The molecule has 0 aliphatic heterocycles. The molecule has 1 fully saturated rings. The van der Waals surface area contributed by atoms with Crippen LogP contribution < -0.4 is 10.6 Å². The molecule has 2 atom stereocenters. The molecule has 1 aromatic carbocycles. The Hall–Kier alpha value is -3.52. The molecule has 3 heterocycles. The van der Waals surface area contributed by atoms with Gasteiger partial charge in [0.25, 0.3) is 5.91 Å². The highest BCUT2D eigenvalue weighted by molar-refractivity contribution is 6.31. The van der Waals surface area contributed by atoms with Gasteiger partial charge in [-0.05, 0) is 43.9 Å². The van der Waals surface area contributed by atoms with E-state index in [1.165, 1.54) is 6.20 Å². The van der Waals surface area contributed by atoms with Crippen LogP contribution in [0.25, 0.3) is 22.4 Å². The summed E-state index contributed by atoms with van der Waals surface area (Å²) >= 11 is 6.09. The highest BCUT2D eigenvalue weighted by Gasteiger charge is 2.25. The van der Waals surface area contributed by atoms with Gasteiger partial charge >= 0.3 is 0 Å². The van der Waals surface area contributed by atoms with Crippen LogP contribution in [-0.4, -0.2) is 37.9 Å². The fourth-order valence-electron chi connectivity index (χ4n) is 4.26. The molecule has 5 rings (SSSR count). The second kappa shape index (κ2) is 9.15. The number of carbonyl (C=O) groups is 1. The zero-order valence-corrected chi connectivity index (χ0v) is 18.4. The lowest BCUT2D eigenvalue weighted by molar-refractivity contribution is 0.0926. The van der Waals surface area contributed by atoms with E-state index in [2.05, 4.69) is 30.6 Å². The van der Waals surface area contributed by atoms with E-state index in [-0.39, 0.29) is 23.8 Å². The highest BCUT2D eigenvalue weighted by atomic mass is 35.5. The molecular formula is C24H22ClFN6O. The Morgan fingerprint density at radius 2 is 1.94 bits per heavy atom. The fraction of sp³-hybridized carbons (Fsp3) is 0.250. The maximum Gasteiger partial charge on any atom is 0.251 e. The molecule has 1 aliphatic carbocycles. The van der Waals surface area contributed by atoms with Gasteiger partial charge in [0.05, 0.1) is 11.2 Å². The normalized spacial score (nSPS) is 18.2. The summed E-state index contributed by atoms with van der Waals surface area (Å²) in [4.78, 5) is 28.4. The predicted octanol–water partition coefficient (Wildman–Crippen LogP) is 4.97. The van der Waals surface area contributed by atoms with Gasteiger partial charge in [-0.15, -0.1) is 0 Å². The maximum atomic E-state index is 14.6. The van der Waals surface area contributed by atoms with Crippen molar-refractivity contribution in [2.24, 2.45) is 0 Å². The van der Waals surface area contributed by atoms with Crippen molar-refractivity contribution >= 4 is 34.4 Å². The molecule has 3 aromatic heterocycles. The molecule has 33 heavy (non-hydrogen) atoms. The molecule has 1 amide bonds. The molecule has 1 aliphatic rings. The van der Waals surface area contributed by atoms with Crippen molar-refractivity contribution in [3.05, 3.63) is 71.4 Å². The molecular weight excluding hydrogens is 443 g/mol. The lowest BCUT2D eigenvalue weighted by atomic mass is 9.90. The number of benzene rings is 1. The second-order valence-electron chi connectivity index (χ2n) is 8.19. The monoisotopic (exact) mass is 464 g/mol. The number of pyridine rings is 1. The zero-order valence-electron chi connectivity index (χ0n) is 17.7. The van der Waals surface area contributed by atoms with Crippen LogP contribution in [0.3, 0.4) is 0 Å². The van der Waals surface area contributed by atoms with E-state index in [1.807, 2.05) is 18.2 Å². The standard InChI is InChI=1S/C24H22ClFN6O/c25-15-9-18-19(12-28-21(18)27-11-15)22-29-13-20(26)23(32-22)30-16-7-4-8-17(10-16)31-24(33)14-5-2-1-3-6-14/h1-3,5-6,9,11-13,16-17H,4,7-8,10H2,(H,27,28)(H,31,33)(H,29,30,32). The average molecular weight is 465 g/mol. The summed E-state index contributed by atoms with van der Waals surface area (Å²) in [5.74, 6) is -0.100. The minimum absolute atomic E-state index is 0.00941. The Balaban J connectivity index is 1.31. The Morgan fingerprint density at radius 3 is 2.79 bits per heavy atom. The Labute approximate surface area is 194 Å². The summed E-state index contributed by atoms with van der Waals surface area (Å²) in [7, 11) is 0. The van der Waals surface area contributed by atoms with Crippen LogP contribution in [0.1, 0.15) is 36.0 Å². The van der Waals surface area contributed by atoms with Gasteiger partial charge in [-0.25, -0.2) is 19.3 Å². The van der Waals surface area contributed by atoms with Crippen LogP contribution in [-0.2, 0) is 0 Å². The lowest BCUT2D eigenvalue weighted by Gasteiger charge is -2.30. The fourth-order valence-corrected chi connectivity index (χ4v) is 4.42. The van der Waals surface area contributed by atoms with Crippen LogP contribution in [0.15, 0.2) is 55.0 Å². The molecule has 0 spiro atoms. The molecule has 3 N–H and O–H groups in total. The number of H-pyrrole nitrogens is 1. The van der Waals surface area contributed by atoms with Crippen molar-refractivity contribution in [1.82, 2.24) is 25.3 Å². The molecule has 168 valence electrons. The molecule has 7 nitrogen and oxygen atoms in total. The molecule has 0 saturated heterocycles. The van der Waals surface area contributed by atoms with Gasteiger partial charge in [-0.2, -0.15) is 0 Å². The van der Waals surface area contributed by atoms with E-state index in [4.69, 9.17) is 11.6 Å².